The highest BCUT2D eigenvalue weighted by Crippen LogP contribution is 2.27. The maximum Gasteiger partial charge on any atom is 0.243 e. The first kappa shape index (κ1) is 16.1. The topological polar surface area (TPSA) is 75.4 Å². The molecule has 3 N–H and O–H groups in total. The summed E-state index contributed by atoms with van der Waals surface area (Å²) in [6, 6.07) is 6.28. The number of nitrogens with two attached hydrogens (primary N) is 1. The maximum atomic E-state index is 11.7. The molecule has 0 saturated carbocycles. The van der Waals surface area contributed by atoms with Gasteiger partial charge in [-0.1, -0.05) is 6.07 Å². The minimum Gasteiger partial charge on any atom is -0.374 e. The van der Waals surface area contributed by atoms with E-state index < -0.39 is 0 Å². The standard InChI is InChI=1S/C17H23N3O2/c1-20-11-3-4-14-12-13(6-8-15(14)20)7-9-17(22)19-10-2-5-16(18)21/h6-9,12H,2-5,10-11H2,1H3,(H2,18,21)(H,19,22)/b9-7+. The van der Waals surface area contributed by atoms with E-state index in [0.29, 0.717) is 19.4 Å². The number of hydrogen-bond acceptors (Lipinski definition) is 3. The predicted molar refractivity (Wildman–Crippen MR) is 88.5 cm³/mol. The van der Waals surface area contributed by atoms with Crippen LogP contribution in [-0.2, 0) is 16.0 Å². The van der Waals surface area contributed by atoms with Crippen LogP contribution < -0.4 is 16.0 Å². The second kappa shape index (κ2) is 7.64. The molecule has 118 valence electrons. The first-order valence-electron chi connectivity index (χ1n) is 7.64. The molecule has 5 heteroatoms. The number of carbonyl (C=O) groups is 2. The van der Waals surface area contributed by atoms with E-state index in [1.807, 2.05) is 12.1 Å². The van der Waals surface area contributed by atoms with Crippen LogP contribution in [-0.4, -0.2) is 32.0 Å². The van der Waals surface area contributed by atoms with E-state index in [1.165, 1.54) is 17.3 Å². The van der Waals surface area contributed by atoms with Gasteiger partial charge in [0.05, 0.1) is 0 Å². The molecular formula is C17H23N3O2. The lowest BCUT2D eigenvalue weighted by atomic mass is 9.99. The van der Waals surface area contributed by atoms with Crippen molar-refractivity contribution in [3.05, 3.63) is 35.4 Å². The number of nitrogens with zero attached hydrogens (tertiary/aromatic N) is 1. The van der Waals surface area contributed by atoms with E-state index in [-0.39, 0.29) is 11.8 Å². The van der Waals surface area contributed by atoms with Gasteiger partial charge in [-0.15, -0.1) is 0 Å². The molecule has 0 radical (unpaired) electrons. The fourth-order valence-electron chi connectivity index (χ4n) is 2.61. The molecular weight excluding hydrogens is 278 g/mol. The van der Waals surface area contributed by atoms with Crippen LogP contribution in [0.4, 0.5) is 5.69 Å². The quantitative estimate of drug-likeness (QED) is 0.617. The molecule has 0 aromatic heterocycles. The number of fused-ring (bicyclic) bond motifs is 1. The number of hydrogen-bond donors (Lipinski definition) is 2. The van der Waals surface area contributed by atoms with Crippen LogP contribution in [0.1, 0.15) is 30.4 Å². The Morgan fingerprint density at radius 3 is 3.00 bits per heavy atom. The van der Waals surface area contributed by atoms with Gasteiger partial charge in [0.1, 0.15) is 0 Å². The molecule has 0 atom stereocenters. The van der Waals surface area contributed by atoms with Crippen LogP contribution in [0.2, 0.25) is 0 Å². The number of anilines is 1. The molecule has 1 aromatic carbocycles. The summed E-state index contributed by atoms with van der Waals surface area (Å²) >= 11 is 0. The van der Waals surface area contributed by atoms with E-state index in [1.54, 1.807) is 0 Å². The number of rotatable bonds is 6. The maximum absolute atomic E-state index is 11.7. The van der Waals surface area contributed by atoms with Gasteiger partial charge < -0.3 is 16.0 Å². The predicted octanol–water partition coefficient (Wildman–Crippen LogP) is 1.46. The first-order chi connectivity index (χ1) is 10.6. The summed E-state index contributed by atoms with van der Waals surface area (Å²) in [5.41, 5.74) is 8.68. The highest BCUT2D eigenvalue weighted by molar-refractivity contribution is 5.91. The van der Waals surface area contributed by atoms with Crippen molar-refractivity contribution in [2.24, 2.45) is 5.73 Å². The van der Waals surface area contributed by atoms with Crippen molar-refractivity contribution in [3.63, 3.8) is 0 Å². The minimum absolute atomic E-state index is 0.153. The molecule has 1 aliphatic rings. The molecule has 0 fully saturated rings. The Bertz CT molecular complexity index is 581. The van der Waals surface area contributed by atoms with E-state index >= 15 is 0 Å². The van der Waals surface area contributed by atoms with Crippen molar-refractivity contribution in [2.45, 2.75) is 25.7 Å². The van der Waals surface area contributed by atoms with E-state index in [0.717, 1.165) is 24.9 Å². The van der Waals surface area contributed by atoms with Crippen LogP contribution in [0.15, 0.2) is 24.3 Å². The minimum atomic E-state index is -0.344. The lowest BCUT2D eigenvalue weighted by Crippen LogP contribution is -2.24. The molecule has 22 heavy (non-hydrogen) atoms. The van der Waals surface area contributed by atoms with E-state index in [2.05, 4.69) is 29.4 Å². The van der Waals surface area contributed by atoms with Crippen molar-refractivity contribution in [3.8, 4) is 0 Å². The van der Waals surface area contributed by atoms with Crippen molar-refractivity contribution in [2.75, 3.05) is 25.0 Å². The molecule has 2 amide bonds. The highest BCUT2D eigenvalue weighted by atomic mass is 16.1. The Hall–Kier alpha value is -2.30. The number of amides is 2. The summed E-state index contributed by atoms with van der Waals surface area (Å²) < 4.78 is 0. The van der Waals surface area contributed by atoms with Gasteiger partial charge in [-0.05, 0) is 48.6 Å². The molecule has 5 nitrogen and oxygen atoms in total. The summed E-state index contributed by atoms with van der Waals surface area (Å²) in [5.74, 6) is -0.497. The van der Waals surface area contributed by atoms with Crippen molar-refractivity contribution < 1.29 is 9.59 Å². The number of nitrogens with one attached hydrogen (secondary N) is 1. The number of carbonyl (C=O) groups excluding carboxylic acids is 2. The van der Waals surface area contributed by atoms with Gasteiger partial charge >= 0.3 is 0 Å². The van der Waals surface area contributed by atoms with Gasteiger partial charge in [0.15, 0.2) is 0 Å². The average molecular weight is 301 g/mol. The molecule has 1 aromatic rings. The van der Waals surface area contributed by atoms with Gasteiger partial charge in [0.2, 0.25) is 11.8 Å². The third kappa shape index (κ3) is 4.62. The summed E-state index contributed by atoms with van der Waals surface area (Å²) in [5, 5.41) is 2.74. The number of benzene rings is 1. The Morgan fingerprint density at radius 1 is 1.41 bits per heavy atom. The Balaban J connectivity index is 1.87. The zero-order valence-corrected chi connectivity index (χ0v) is 13.0. The van der Waals surface area contributed by atoms with Crippen LogP contribution in [0, 0.1) is 0 Å². The normalized spacial score (nSPS) is 14.0. The van der Waals surface area contributed by atoms with Gasteiger partial charge in [0, 0.05) is 38.3 Å². The second-order valence-electron chi connectivity index (χ2n) is 5.61. The highest BCUT2D eigenvalue weighted by Gasteiger charge is 2.12. The van der Waals surface area contributed by atoms with E-state index in [4.69, 9.17) is 5.73 Å². The molecule has 0 unspecified atom stereocenters. The monoisotopic (exact) mass is 301 g/mol. The Morgan fingerprint density at radius 2 is 2.23 bits per heavy atom. The van der Waals surface area contributed by atoms with Gasteiger partial charge in [-0.2, -0.15) is 0 Å². The SMILES string of the molecule is CN1CCCc2cc(/C=C/C(=O)NCCCC(N)=O)ccc21. The van der Waals surface area contributed by atoms with Crippen molar-refractivity contribution in [1.29, 1.82) is 0 Å². The number of aryl methyl sites for hydroxylation is 1. The third-order valence-corrected chi connectivity index (χ3v) is 3.78. The number of primary amides is 1. The zero-order chi connectivity index (χ0) is 15.9. The smallest absolute Gasteiger partial charge is 0.243 e. The van der Waals surface area contributed by atoms with E-state index in [9.17, 15) is 9.59 Å². The van der Waals surface area contributed by atoms with Gasteiger partial charge in [-0.25, -0.2) is 0 Å². The molecule has 1 aliphatic heterocycles. The first-order valence-corrected chi connectivity index (χ1v) is 7.64. The second-order valence-corrected chi connectivity index (χ2v) is 5.61. The molecule has 0 saturated heterocycles. The van der Waals surface area contributed by atoms with Gasteiger partial charge in [0.25, 0.3) is 0 Å². The summed E-state index contributed by atoms with van der Waals surface area (Å²) in [4.78, 5) is 24.5. The fraction of sp³-hybridized carbons (Fsp3) is 0.412. The zero-order valence-electron chi connectivity index (χ0n) is 13.0. The molecule has 1 heterocycles. The molecule has 0 bridgehead atoms. The molecule has 0 spiro atoms. The Kier molecular flexibility index (Phi) is 5.58. The molecule has 2 rings (SSSR count). The summed E-state index contributed by atoms with van der Waals surface area (Å²) in [6.07, 6.45) is 6.46. The van der Waals surface area contributed by atoms with Crippen LogP contribution >= 0.6 is 0 Å². The summed E-state index contributed by atoms with van der Waals surface area (Å²) in [7, 11) is 2.10. The van der Waals surface area contributed by atoms with Crippen LogP contribution in [0.25, 0.3) is 6.08 Å². The lowest BCUT2D eigenvalue weighted by Gasteiger charge is -2.27. The average Bonchev–Trinajstić information content (AvgIpc) is 2.49. The largest absolute Gasteiger partial charge is 0.374 e. The summed E-state index contributed by atoms with van der Waals surface area (Å²) in [6.45, 7) is 1.55. The van der Waals surface area contributed by atoms with Gasteiger partial charge in [-0.3, -0.25) is 9.59 Å². The Labute approximate surface area is 131 Å². The van der Waals surface area contributed by atoms with Crippen LogP contribution in [0.3, 0.4) is 0 Å². The van der Waals surface area contributed by atoms with Crippen LogP contribution in [0.5, 0.6) is 0 Å². The van der Waals surface area contributed by atoms with Crippen molar-refractivity contribution in [1.82, 2.24) is 5.32 Å². The molecule has 0 aliphatic carbocycles. The third-order valence-electron chi connectivity index (χ3n) is 3.78. The van der Waals surface area contributed by atoms with Crippen molar-refractivity contribution >= 4 is 23.6 Å². The lowest BCUT2D eigenvalue weighted by molar-refractivity contribution is -0.119. The fourth-order valence-corrected chi connectivity index (χ4v) is 2.61.